The van der Waals surface area contributed by atoms with Gasteiger partial charge in [0.05, 0.1) is 24.0 Å². The molecule has 98 valence electrons. The van der Waals surface area contributed by atoms with Crippen LogP contribution in [-0.4, -0.2) is 9.55 Å². The van der Waals surface area contributed by atoms with Crippen LogP contribution in [0.4, 0.5) is 4.39 Å². The Balaban J connectivity index is 0.000000637. The van der Waals surface area contributed by atoms with Crippen molar-refractivity contribution in [1.29, 1.82) is 5.26 Å². The third-order valence-corrected chi connectivity index (χ3v) is 3.24. The van der Waals surface area contributed by atoms with Gasteiger partial charge in [0, 0.05) is 17.5 Å². The fourth-order valence-electron chi connectivity index (χ4n) is 2.40. The van der Waals surface area contributed by atoms with Crippen LogP contribution >= 0.6 is 0 Å². The van der Waals surface area contributed by atoms with Gasteiger partial charge in [-0.05, 0) is 25.0 Å². The minimum atomic E-state index is -0.310. The van der Waals surface area contributed by atoms with Gasteiger partial charge in [0.15, 0.2) is 0 Å². The van der Waals surface area contributed by atoms with Crippen LogP contribution in [0, 0.1) is 17.1 Å². The zero-order chi connectivity index (χ0) is 13.8. The molecule has 0 N–H and O–H groups in total. The van der Waals surface area contributed by atoms with Gasteiger partial charge in [0.1, 0.15) is 5.82 Å². The highest BCUT2D eigenvalue weighted by Crippen LogP contribution is 2.32. The maximum absolute atomic E-state index is 13.9. The van der Waals surface area contributed by atoms with E-state index in [9.17, 15) is 4.39 Å². The minimum Gasteiger partial charge on any atom is -0.327 e. The molecular formula is C15H16FN3. The molecule has 1 atom stereocenters. The first-order valence-corrected chi connectivity index (χ1v) is 6.50. The van der Waals surface area contributed by atoms with Crippen LogP contribution in [0.2, 0.25) is 0 Å². The maximum Gasteiger partial charge on any atom is 0.129 e. The number of aromatic nitrogens is 2. The maximum atomic E-state index is 13.9. The quantitative estimate of drug-likeness (QED) is 0.785. The lowest BCUT2D eigenvalue weighted by molar-refractivity contribution is 0.545. The molecule has 0 saturated carbocycles. The number of rotatable bonds is 1. The smallest absolute Gasteiger partial charge is 0.129 e. The molecule has 3 rings (SSSR count). The second-order valence-electron chi connectivity index (χ2n) is 4.19. The van der Waals surface area contributed by atoms with Crippen LogP contribution in [0.1, 0.15) is 43.1 Å². The number of benzene rings is 1. The van der Waals surface area contributed by atoms with Gasteiger partial charge in [-0.3, -0.25) is 0 Å². The molecule has 0 amide bonds. The molecule has 0 radical (unpaired) electrons. The van der Waals surface area contributed by atoms with Crippen LogP contribution in [0.15, 0.2) is 30.7 Å². The molecule has 0 aliphatic carbocycles. The zero-order valence-electron chi connectivity index (χ0n) is 11.1. The van der Waals surface area contributed by atoms with Gasteiger partial charge in [-0.25, -0.2) is 9.37 Å². The predicted molar refractivity (Wildman–Crippen MR) is 71.2 cm³/mol. The van der Waals surface area contributed by atoms with Crippen LogP contribution in [0.5, 0.6) is 0 Å². The van der Waals surface area contributed by atoms with Gasteiger partial charge >= 0.3 is 0 Å². The van der Waals surface area contributed by atoms with Gasteiger partial charge in [-0.15, -0.1) is 0 Å². The van der Waals surface area contributed by atoms with E-state index in [4.69, 9.17) is 5.26 Å². The van der Waals surface area contributed by atoms with Crippen molar-refractivity contribution in [3.05, 3.63) is 53.4 Å². The van der Waals surface area contributed by atoms with E-state index in [2.05, 4.69) is 4.98 Å². The van der Waals surface area contributed by atoms with E-state index in [1.807, 2.05) is 30.7 Å². The molecule has 2 aromatic rings. The lowest BCUT2D eigenvalue weighted by Gasteiger charge is -2.14. The lowest BCUT2D eigenvalue weighted by Crippen LogP contribution is -2.06. The minimum absolute atomic E-state index is 0.0141. The largest absolute Gasteiger partial charge is 0.327 e. The SMILES string of the molecule is CC.N#Cc1ccc(C2CCc3cncn32)c(F)c1. The first-order chi connectivity index (χ1) is 9.29. The van der Waals surface area contributed by atoms with E-state index in [-0.39, 0.29) is 11.9 Å². The Morgan fingerprint density at radius 1 is 1.42 bits per heavy atom. The molecule has 0 spiro atoms. The summed E-state index contributed by atoms with van der Waals surface area (Å²) in [5.74, 6) is -0.310. The van der Waals surface area contributed by atoms with E-state index < -0.39 is 0 Å². The Hall–Kier alpha value is -2.15. The summed E-state index contributed by atoms with van der Waals surface area (Å²) in [6.45, 7) is 4.00. The van der Waals surface area contributed by atoms with Crippen molar-refractivity contribution in [3.8, 4) is 6.07 Å². The number of hydrogen-bond donors (Lipinski definition) is 0. The van der Waals surface area contributed by atoms with Crippen LogP contribution in [0.25, 0.3) is 0 Å². The van der Waals surface area contributed by atoms with Gasteiger partial charge in [-0.1, -0.05) is 19.9 Å². The number of fused-ring (bicyclic) bond motifs is 1. The Morgan fingerprint density at radius 3 is 2.89 bits per heavy atom. The second kappa shape index (κ2) is 5.66. The molecule has 3 nitrogen and oxygen atoms in total. The summed E-state index contributed by atoms with van der Waals surface area (Å²) in [5, 5.41) is 8.71. The zero-order valence-corrected chi connectivity index (χ0v) is 11.1. The molecule has 1 unspecified atom stereocenters. The van der Waals surface area contributed by atoms with E-state index in [1.54, 1.807) is 18.5 Å². The molecular weight excluding hydrogens is 241 g/mol. The molecule has 1 aromatic heterocycles. The van der Waals surface area contributed by atoms with Crippen molar-refractivity contribution < 1.29 is 4.39 Å². The first-order valence-electron chi connectivity index (χ1n) is 6.50. The first kappa shape index (κ1) is 13.3. The Kier molecular flexibility index (Phi) is 3.96. The molecule has 0 saturated heterocycles. The third-order valence-electron chi connectivity index (χ3n) is 3.24. The highest BCUT2D eigenvalue weighted by atomic mass is 19.1. The summed E-state index contributed by atoms with van der Waals surface area (Å²) in [7, 11) is 0. The topological polar surface area (TPSA) is 41.6 Å². The Morgan fingerprint density at radius 2 is 2.21 bits per heavy atom. The van der Waals surface area contributed by atoms with Crippen LogP contribution in [-0.2, 0) is 6.42 Å². The molecule has 19 heavy (non-hydrogen) atoms. The van der Waals surface area contributed by atoms with Crippen molar-refractivity contribution in [1.82, 2.24) is 9.55 Å². The number of aryl methyl sites for hydroxylation is 1. The molecule has 1 aromatic carbocycles. The number of halogens is 1. The van der Waals surface area contributed by atoms with E-state index in [0.717, 1.165) is 18.5 Å². The molecule has 0 bridgehead atoms. The Labute approximate surface area is 112 Å². The van der Waals surface area contributed by atoms with Crippen molar-refractivity contribution in [2.45, 2.75) is 32.7 Å². The predicted octanol–water partition coefficient (Wildman–Crippen LogP) is 3.46. The summed E-state index contributed by atoms with van der Waals surface area (Å²) < 4.78 is 15.9. The molecule has 4 heteroatoms. The van der Waals surface area contributed by atoms with E-state index >= 15 is 0 Å². The summed E-state index contributed by atoms with van der Waals surface area (Å²) >= 11 is 0. The van der Waals surface area contributed by atoms with Gasteiger partial charge in [-0.2, -0.15) is 5.26 Å². The highest BCUT2D eigenvalue weighted by Gasteiger charge is 2.25. The third kappa shape index (κ3) is 2.37. The summed E-state index contributed by atoms with van der Waals surface area (Å²) in [5.41, 5.74) is 2.13. The molecule has 1 aliphatic heterocycles. The monoisotopic (exact) mass is 257 g/mol. The molecule has 2 heterocycles. The fraction of sp³-hybridized carbons (Fsp3) is 0.333. The Bertz CT molecular complexity index is 610. The van der Waals surface area contributed by atoms with Gasteiger partial charge < -0.3 is 4.57 Å². The highest BCUT2D eigenvalue weighted by molar-refractivity contribution is 5.35. The van der Waals surface area contributed by atoms with Gasteiger partial charge in [0.2, 0.25) is 0 Å². The van der Waals surface area contributed by atoms with Crippen LogP contribution < -0.4 is 0 Å². The second-order valence-corrected chi connectivity index (χ2v) is 4.19. The molecule has 1 aliphatic rings. The summed E-state index contributed by atoms with van der Waals surface area (Å²) in [6.07, 6.45) is 5.37. The van der Waals surface area contributed by atoms with Crippen molar-refractivity contribution in [2.75, 3.05) is 0 Å². The lowest BCUT2D eigenvalue weighted by atomic mass is 10.0. The van der Waals surface area contributed by atoms with E-state index in [1.165, 1.54) is 6.07 Å². The number of imidazole rings is 1. The van der Waals surface area contributed by atoms with Crippen LogP contribution in [0.3, 0.4) is 0 Å². The average molecular weight is 257 g/mol. The normalized spacial score (nSPS) is 16.2. The number of nitriles is 1. The summed E-state index contributed by atoms with van der Waals surface area (Å²) in [6, 6.07) is 6.61. The van der Waals surface area contributed by atoms with Crippen molar-refractivity contribution in [3.63, 3.8) is 0 Å². The fourth-order valence-corrected chi connectivity index (χ4v) is 2.40. The van der Waals surface area contributed by atoms with Gasteiger partial charge in [0.25, 0.3) is 0 Å². The number of nitrogens with zero attached hydrogens (tertiary/aromatic N) is 3. The van der Waals surface area contributed by atoms with E-state index in [0.29, 0.717) is 11.1 Å². The molecule has 0 fully saturated rings. The van der Waals surface area contributed by atoms with Crippen molar-refractivity contribution in [2.24, 2.45) is 0 Å². The van der Waals surface area contributed by atoms with Crippen molar-refractivity contribution >= 4 is 0 Å². The standard InChI is InChI=1S/C13H10FN3.C2H6/c14-12-5-9(6-15)1-3-11(12)13-4-2-10-7-16-8-17(10)13;1-2/h1,3,5,7-8,13H,2,4H2;1-2H3. The number of hydrogen-bond acceptors (Lipinski definition) is 2. The average Bonchev–Trinajstić information content (AvgIpc) is 3.04. The summed E-state index contributed by atoms with van der Waals surface area (Å²) in [4.78, 5) is 4.07.